The van der Waals surface area contributed by atoms with Crippen LogP contribution in [0.4, 0.5) is 13.2 Å². The molecule has 0 saturated heterocycles. The van der Waals surface area contributed by atoms with E-state index in [4.69, 9.17) is 0 Å². The zero-order valence-electron chi connectivity index (χ0n) is 9.25. The molecule has 1 N–H and O–H groups in total. The molecule has 17 heavy (non-hydrogen) atoms. The van der Waals surface area contributed by atoms with Crippen LogP contribution in [0, 0.1) is 0 Å². The fourth-order valence-electron chi connectivity index (χ4n) is 1.75. The van der Waals surface area contributed by atoms with Gasteiger partial charge in [-0.15, -0.1) is 0 Å². The molecular weight excluding hydrogens is 231 g/mol. The van der Waals surface area contributed by atoms with Crippen molar-refractivity contribution in [1.29, 1.82) is 0 Å². The first-order chi connectivity index (χ1) is 7.97. The topological polar surface area (TPSA) is 29.9 Å². The van der Waals surface area contributed by atoms with Gasteiger partial charge in [-0.25, -0.2) is 0 Å². The number of rotatable bonds is 2. The Hall–Kier alpha value is -1.72. The molecule has 0 saturated carbocycles. The van der Waals surface area contributed by atoms with E-state index in [1.807, 2.05) is 19.1 Å². The summed E-state index contributed by atoms with van der Waals surface area (Å²) in [5.41, 5.74) is 2.07. The van der Waals surface area contributed by atoms with Gasteiger partial charge in [-0.2, -0.15) is 18.3 Å². The van der Waals surface area contributed by atoms with Crippen LogP contribution in [0.3, 0.4) is 0 Å². The van der Waals surface area contributed by atoms with Gasteiger partial charge >= 0.3 is 6.18 Å². The van der Waals surface area contributed by atoms with E-state index in [9.17, 15) is 13.2 Å². The Morgan fingerprint density at radius 2 is 2.24 bits per heavy atom. The Bertz CT molecular complexity index is 469. The van der Waals surface area contributed by atoms with Crippen molar-refractivity contribution < 1.29 is 13.2 Å². The van der Waals surface area contributed by atoms with Crippen molar-refractivity contribution in [1.82, 2.24) is 15.1 Å². The molecule has 0 radical (unpaired) electrons. The van der Waals surface area contributed by atoms with Crippen molar-refractivity contribution in [3.63, 3.8) is 0 Å². The Kier molecular flexibility index (Phi) is 2.95. The van der Waals surface area contributed by atoms with Crippen molar-refractivity contribution in [2.75, 3.05) is 6.54 Å². The van der Waals surface area contributed by atoms with Crippen LogP contribution < -0.4 is 5.32 Å². The highest BCUT2D eigenvalue weighted by atomic mass is 19.4. The highest BCUT2D eigenvalue weighted by Crippen LogP contribution is 2.23. The predicted octanol–water partition coefficient (Wildman–Crippen LogP) is 2.34. The maximum atomic E-state index is 12.4. The lowest BCUT2D eigenvalue weighted by atomic mass is 10.1. The summed E-state index contributed by atoms with van der Waals surface area (Å²) >= 11 is 0. The van der Waals surface area contributed by atoms with Gasteiger partial charge in [0, 0.05) is 12.7 Å². The molecule has 2 heterocycles. The SMILES string of the molecule is CC1=C(c2ccnn2CC(F)(F)F)NCC=C1. The Labute approximate surface area is 96.6 Å². The highest BCUT2D eigenvalue weighted by Gasteiger charge is 2.30. The van der Waals surface area contributed by atoms with Gasteiger partial charge in [-0.3, -0.25) is 4.68 Å². The summed E-state index contributed by atoms with van der Waals surface area (Å²) in [4.78, 5) is 0. The lowest BCUT2D eigenvalue weighted by Crippen LogP contribution is -2.24. The zero-order chi connectivity index (χ0) is 12.5. The molecule has 1 aromatic heterocycles. The molecule has 6 heteroatoms. The van der Waals surface area contributed by atoms with E-state index in [1.165, 1.54) is 6.20 Å². The normalized spacial score (nSPS) is 16.2. The number of allylic oxidation sites excluding steroid dienone is 2. The first-order valence-electron chi connectivity index (χ1n) is 5.17. The number of nitrogens with one attached hydrogen (secondary N) is 1. The highest BCUT2D eigenvalue weighted by molar-refractivity contribution is 5.67. The largest absolute Gasteiger partial charge is 0.408 e. The van der Waals surface area contributed by atoms with Crippen LogP contribution >= 0.6 is 0 Å². The molecule has 3 nitrogen and oxygen atoms in total. The van der Waals surface area contributed by atoms with Crippen molar-refractivity contribution in [3.05, 3.63) is 35.7 Å². The predicted molar refractivity (Wildman–Crippen MR) is 58.0 cm³/mol. The van der Waals surface area contributed by atoms with E-state index < -0.39 is 12.7 Å². The fraction of sp³-hybridized carbons (Fsp3) is 0.364. The molecule has 0 amide bonds. The summed E-state index contributed by atoms with van der Waals surface area (Å²) in [6.45, 7) is 1.39. The van der Waals surface area contributed by atoms with Crippen LogP contribution in [-0.2, 0) is 6.54 Å². The Morgan fingerprint density at radius 1 is 1.47 bits per heavy atom. The number of aromatic nitrogens is 2. The summed E-state index contributed by atoms with van der Waals surface area (Å²) in [6.07, 6.45) is 0.918. The van der Waals surface area contributed by atoms with Crippen LogP contribution in [0.15, 0.2) is 30.0 Å². The van der Waals surface area contributed by atoms with E-state index in [0.29, 0.717) is 17.9 Å². The molecule has 2 rings (SSSR count). The van der Waals surface area contributed by atoms with E-state index in [0.717, 1.165) is 10.3 Å². The third-order valence-corrected chi connectivity index (χ3v) is 2.46. The van der Waals surface area contributed by atoms with Crippen LogP contribution in [0.1, 0.15) is 12.6 Å². The molecule has 0 aliphatic carbocycles. The van der Waals surface area contributed by atoms with Gasteiger partial charge in [-0.05, 0) is 18.6 Å². The van der Waals surface area contributed by atoms with Gasteiger partial charge in [0.05, 0.1) is 11.4 Å². The molecule has 0 aromatic carbocycles. The monoisotopic (exact) mass is 243 g/mol. The van der Waals surface area contributed by atoms with Gasteiger partial charge in [0.2, 0.25) is 0 Å². The zero-order valence-corrected chi connectivity index (χ0v) is 9.25. The van der Waals surface area contributed by atoms with Gasteiger partial charge < -0.3 is 5.32 Å². The summed E-state index contributed by atoms with van der Waals surface area (Å²) in [5, 5.41) is 6.77. The van der Waals surface area contributed by atoms with Gasteiger partial charge in [-0.1, -0.05) is 12.2 Å². The number of alkyl halides is 3. The maximum Gasteiger partial charge on any atom is 0.408 e. The fourth-order valence-corrected chi connectivity index (χ4v) is 1.75. The molecule has 0 spiro atoms. The van der Waals surface area contributed by atoms with E-state index in [-0.39, 0.29) is 0 Å². The second-order valence-electron chi connectivity index (χ2n) is 3.83. The Balaban J connectivity index is 2.34. The molecule has 0 atom stereocenters. The summed E-state index contributed by atoms with van der Waals surface area (Å²) in [6, 6.07) is 1.58. The maximum absolute atomic E-state index is 12.4. The van der Waals surface area contributed by atoms with E-state index in [1.54, 1.807) is 6.07 Å². The smallest absolute Gasteiger partial charge is 0.380 e. The number of hydrogen-bond donors (Lipinski definition) is 1. The Morgan fingerprint density at radius 3 is 2.88 bits per heavy atom. The molecule has 1 aliphatic heterocycles. The average Bonchev–Trinajstić information content (AvgIpc) is 2.64. The van der Waals surface area contributed by atoms with Gasteiger partial charge in [0.1, 0.15) is 6.54 Å². The van der Waals surface area contributed by atoms with Crippen LogP contribution in [0.2, 0.25) is 0 Å². The minimum Gasteiger partial charge on any atom is -0.380 e. The lowest BCUT2D eigenvalue weighted by molar-refractivity contribution is -0.142. The molecule has 0 fully saturated rings. The lowest BCUT2D eigenvalue weighted by Gasteiger charge is -2.17. The second kappa shape index (κ2) is 4.27. The minimum atomic E-state index is -4.26. The van der Waals surface area contributed by atoms with E-state index >= 15 is 0 Å². The van der Waals surface area contributed by atoms with Crippen LogP contribution in [0.25, 0.3) is 5.70 Å². The number of dihydropyridines is 1. The van der Waals surface area contributed by atoms with Crippen LogP contribution in [0.5, 0.6) is 0 Å². The number of hydrogen-bond acceptors (Lipinski definition) is 2. The van der Waals surface area contributed by atoms with Crippen molar-refractivity contribution in [2.24, 2.45) is 0 Å². The average molecular weight is 243 g/mol. The third-order valence-electron chi connectivity index (χ3n) is 2.46. The summed E-state index contributed by atoms with van der Waals surface area (Å²) < 4.78 is 38.0. The van der Waals surface area contributed by atoms with Crippen molar-refractivity contribution >= 4 is 5.70 Å². The molecule has 1 aromatic rings. The quantitative estimate of drug-likeness (QED) is 0.864. The molecule has 1 aliphatic rings. The first-order valence-corrected chi connectivity index (χ1v) is 5.17. The molecule has 0 bridgehead atoms. The number of nitrogens with zero attached hydrogens (tertiary/aromatic N) is 2. The molecular formula is C11H12F3N3. The standard InChI is InChI=1S/C11H12F3N3/c1-8-3-2-5-15-10(8)9-4-6-16-17(9)7-11(12,13)14/h2-4,6,15H,5,7H2,1H3. The first kappa shape index (κ1) is 11.8. The molecule has 0 unspecified atom stereocenters. The number of halogens is 3. The molecule has 92 valence electrons. The summed E-state index contributed by atoms with van der Waals surface area (Å²) in [7, 11) is 0. The summed E-state index contributed by atoms with van der Waals surface area (Å²) in [5.74, 6) is 0. The van der Waals surface area contributed by atoms with E-state index in [2.05, 4.69) is 10.4 Å². The van der Waals surface area contributed by atoms with Gasteiger partial charge in [0.15, 0.2) is 0 Å². The van der Waals surface area contributed by atoms with Crippen molar-refractivity contribution in [3.8, 4) is 0 Å². The van der Waals surface area contributed by atoms with Gasteiger partial charge in [0.25, 0.3) is 0 Å². The second-order valence-corrected chi connectivity index (χ2v) is 3.83. The minimum absolute atomic E-state index is 0.462. The van der Waals surface area contributed by atoms with Crippen molar-refractivity contribution in [2.45, 2.75) is 19.6 Å². The van der Waals surface area contributed by atoms with Crippen LogP contribution in [-0.4, -0.2) is 22.5 Å². The third kappa shape index (κ3) is 2.69.